The summed E-state index contributed by atoms with van der Waals surface area (Å²) in [6.45, 7) is 6.22. The molecular formula is C21H18F3N5O2S. The summed E-state index contributed by atoms with van der Waals surface area (Å²) in [7, 11) is 0. The van der Waals surface area contributed by atoms with E-state index in [1.54, 1.807) is 0 Å². The molecule has 1 aromatic heterocycles. The highest BCUT2D eigenvalue weighted by Crippen LogP contribution is 2.35. The molecule has 0 radical (unpaired) electrons. The van der Waals surface area contributed by atoms with Gasteiger partial charge in [0, 0.05) is 17.1 Å². The number of hydrogen-bond donors (Lipinski definition) is 1. The van der Waals surface area contributed by atoms with Crippen molar-refractivity contribution in [1.82, 2.24) is 9.58 Å². The maximum atomic E-state index is 13.0. The second kappa shape index (κ2) is 7.97. The van der Waals surface area contributed by atoms with Gasteiger partial charge in [0.2, 0.25) is 10.2 Å². The number of carbonyl (C=O) groups is 1. The molecule has 0 atom stereocenters. The number of amidine groups is 2. The monoisotopic (exact) mass is 461 g/mol. The summed E-state index contributed by atoms with van der Waals surface area (Å²) in [5.41, 5.74) is 3.08. The quantitative estimate of drug-likeness (QED) is 0.671. The Hall–Kier alpha value is -3.34. The van der Waals surface area contributed by atoms with E-state index in [9.17, 15) is 18.0 Å². The maximum absolute atomic E-state index is 13.0. The van der Waals surface area contributed by atoms with Crippen molar-refractivity contribution in [2.24, 2.45) is 10.1 Å². The van der Waals surface area contributed by atoms with E-state index in [1.807, 2.05) is 55.7 Å². The van der Waals surface area contributed by atoms with Crippen LogP contribution in [0.15, 0.2) is 46.0 Å². The first-order valence-electron chi connectivity index (χ1n) is 9.59. The molecule has 0 saturated carbocycles. The molecule has 0 spiro atoms. The van der Waals surface area contributed by atoms with Crippen molar-refractivity contribution < 1.29 is 22.7 Å². The number of thioether (sulfide) groups is 1. The molecule has 0 fully saturated rings. The van der Waals surface area contributed by atoms with Crippen LogP contribution in [0.3, 0.4) is 0 Å². The van der Waals surface area contributed by atoms with Crippen molar-refractivity contribution >= 4 is 39.8 Å². The summed E-state index contributed by atoms with van der Waals surface area (Å²) >= 11 is 0.227. The van der Waals surface area contributed by atoms with E-state index in [1.165, 1.54) is 6.08 Å². The standard InChI is InChI=1S/C21H18F3N5O2S/c1-4-31-15-7-5-14(6-8-15)28-11(2)9-13(12(28)3)10-16-17(25)29-20(26-18(16)30)32-19(27-29)21(22,23)24/h5-10,25H,4H2,1-3H3/b16-10-,25-17?. The Bertz CT molecular complexity index is 1210. The van der Waals surface area contributed by atoms with Crippen LogP contribution >= 0.6 is 11.8 Å². The van der Waals surface area contributed by atoms with Gasteiger partial charge >= 0.3 is 6.18 Å². The van der Waals surface area contributed by atoms with E-state index in [-0.39, 0.29) is 22.5 Å². The van der Waals surface area contributed by atoms with E-state index < -0.39 is 23.0 Å². The van der Waals surface area contributed by atoms with Gasteiger partial charge < -0.3 is 9.30 Å². The van der Waals surface area contributed by atoms with Crippen molar-refractivity contribution in [2.45, 2.75) is 26.9 Å². The largest absolute Gasteiger partial charge is 0.494 e. The SMILES string of the molecule is CCOc1ccc(-n2c(C)cc(/C=C3/C(=N)N4N=C(C(F)(F)F)SC4=NC3=O)c2C)cc1. The number of ether oxygens (including phenoxy) is 1. The van der Waals surface area contributed by atoms with Crippen molar-refractivity contribution in [2.75, 3.05) is 6.61 Å². The fraction of sp³-hybridized carbons (Fsp3) is 0.238. The number of alkyl halides is 3. The van der Waals surface area contributed by atoms with E-state index >= 15 is 0 Å². The lowest BCUT2D eigenvalue weighted by atomic mass is 10.1. The Morgan fingerprint density at radius 2 is 1.91 bits per heavy atom. The first-order valence-corrected chi connectivity index (χ1v) is 10.4. The molecule has 32 heavy (non-hydrogen) atoms. The predicted molar refractivity (Wildman–Crippen MR) is 117 cm³/mol. The first-order chi connectivity index (χ1) is 15.1. The van der Waals surface area contributed by atoms with Crippen LogP contribution in [0.2, 0.25) is 0 Å². The number of halogens is 3. The average molecular weight is 461 g/mol. The number of benzene rings is 1. The van der Waals surface area contributed by atoms with Crippen LogP contribution in [0.25, 0.3) is 11.8 Å². The van der Waals surface area contributed by atoms with Gasteiger partial charge in [-0.1, -0.05) is 0 Å². The molecule has 0 aliphatic carbocycles. The van der Waals surface area contributed by atoms with Gasteiger partial charge in [-0.3, -0.25) is 10.2 Å². The molecule has 3 heterocycles. The molecule has 166 valence electrons. The first kappa shape index (κ1) is 21.9. The van der Waals surface area contributed by atoms with Crippen LogP contribution < -0.4 is 4.74 Å². The van der Waals surface area contributed by atoms with Crippen LogP contribution in [-0.2, 0) is 4.79 Å². The zero-order valence-electron chi connectivity index (χ0n) is 17.3. The number of nitrogens with one attached hydrogen (secondary N) is 1. The van der Waals surface area contributed by atoms with Crippen molar-refractivity contribution in [1.29, 1.82) is 5.41 Å². The third kappa shape index (κ3) is 3.83. The molecular weight excluding hydrogens is 443 g/mol. The minimum Gasteiger partial charge on any atom is -0.494 e. The highest BCUT2D eigenvalue weighted by molar-refractivity contribution is 8.27. The number of rotatable bonds is 4. The van der Waals surface area contributed by atoms with Gasteiger partial charge in [0.25, 0.3) is 5.91 Å². The molecule has 7 nitrogen and oxygen atoms in total. The van der Waals surface area contributed by atoms with Crippen LogP contribution in [0, 0.1) is 19.3 Å². The molecule has 11 heteroatoms. The maximum Gasteiger partial charge on any atom is 0.441 e. The summed E-state index contributed by atoms with van der Waals surface area (Å²) in [4.78, 5) is 16.2. The van der Waals surface area contributed by atoms with Crippen LogP contribution in [0.5, 0.6) is 5.75 Å². The highest BCUT2D eigenvalue weighted by Gasteiger charge is 2.46. The van der Waals surface area contributed by atoms with Gasteiger partial charge in [0.05, 0.1) is 12.2 Å². The molecule has 0 unspecified atom stereocenters. The number of hydrogen-bond acceptors (Lipinski definition) is 5. The summed E-state index contributed by atoms with van der Waals surface area (Å²) in [5, 5.41) is 11.0. The lowest BCUT2D eigenvalue weighted by Gasteiger charge is -2.20. The minimum atomic E-state index is -4.68. The second-order valence-corrected chi connectivity index (χ2v) is 7.97. The molecule has 4 rings (SSSR count). The normalized spacial score (nSPS) is 17.6. The minimum absolute atomic E-state index is 0.131. The lowest BCUT2D eigenvalue weighted by molar-refractivity contribution is -0.114. The molecule has 0 saturated heterocycles. The van der Waals surface area contributed by atoms with E-state index in [0.29, 0.717) is 12.2 Å². The van der Waals surface area contributed by atoms with E-state index in [4.69, 9.17) is 10.1 Å². The number of carbonyl (C=O) groups excluding carboxylic acids is 1. The van der Waals surface area contributed by atoms with Gasteiger partial charge in [-0.25, -0.2) is 0 Å². The van der Waals surface area contributed by atoms with E-state index in [0.717, 1.165) is 27.8 Å². The van der Waals surface area contributed by atoms with Gasteiger partial charge in [-0.15, -0.1) is 0 Å². The fourth-order valence-electron chi connectivity index (χ4n) is 3.45. The highest BCUT2D eigenvalue weighted by atomic mass is 32.2. The molecule has 2 aliphatic rings. The average Bonchev–Trinajstić information content (AvgIpc) is 3.27. The number of hydrazone groups is 1. The summed E-state index contributed by atoms with van der Waals surface area (Å²) in [6, 6.07) is 9.35. The fourth-order valence-corrected chi connectivity index (χ4v) is 4.21. The van der Waals surface area contributed by atoms with Crippen molar-refractivity contribution in [3.8, 4) is 11.4 Å². The Balaban J connectivity index is 1.69. The second-order valence-electron chi connectivity index (χ2n) is 7.01. The molecule has 2 aliphatic heterocycles. The Labute approximate surface area is 185 Å². The Morgan fingerprint density at radius 1 is 1.22 bits per heavy atom. The number of nitrogens with zero attached hydrogens (tertiary/aromatic N) is 4. The number of aromatic nitrogens is 1. The third-order valence-corrected chi connectivity index (χ3v) is 5.83. The number of fused-ring (bicyclic) bond motifs is 1. The van der Waals surface area contributed by atoms with Gasteiger partial charge in [0.1, 0.15) is 5.75 Å². The van der Waals surface area contributed by atoms with Crippen molar-refractivity contribution in [3.63, 3.8) is 0 Å². The Morgan fingerprint density at radius 3 is 2.53 bits per heavy atom. The molecule has 0 bridgehead atoms. The van der Waals surface area contributed by atoms with Gasteiger partial charge in [-0.2, -0.15) is 28.3 Å². The molecule has 1 aromatic carbocycles. The van der Waals surface area contributed by atoms with Crippen LogP contribution in [-0.4, -0.2) is 44.3 Å². The predicted octanol–water partition coefficient (Wildman–Crippen LogP) is 4.67. The summed E-state index contributed by atoms with van der Waals surface area (Å²) in [5.74, 6) is -0.478. The zero-order valence-corrected chi connectivity index (χ0v) is 18.1. The van der Waals surface area contributed by atoms with Gasteiger partial charge in [0.15, 0.2) is 5.84 Å². The van der Waals surface area contributed by atoms with E-state index in [2.05, 4.69) is 10.1 Å². The van der Waals surface area contributed by atoms with Crippen molar-refractivity contribution in [3.05, 3.63) is 52.9 Å². The van der Waals surface area contributed by atoms with Crippen LogP contribution in [0.1, 0.15) is 23.9 Å². The molecule has 1 amide bonds. The molecule has 1 N–H and O–H groups in total. The third-order valence-electron chi connectivity index (χ3n) is 4.87. The van der Waals surface area contributed by atoms with Crippen LogP contribution in [0.4, 0.5) is 13.2 Å². The van der Waals surface area contributed by atoms with Gasteiger partial charge in [-0.05, 0) is 74.5 Å². The smallest absolute Gasteiger partial charge is 0.441 e. The summed E-state index contributed by atoms with van der Waals surface area (Å²) < 4.78 is 46.4. The summed E-state index contributed by atoms with van der Waals surface area (Å²) in [6.07, 6.45) is -3.22. The number of amides is 1. The number of aryl methyl sites for hydroxylation is 1. The lowest BCUT2D eigenvalue weighted by Crippen LogP contribution is -2.35. The topological polar surface area (TPSA) is 83.0 Å². The number of aliphatic imine (C=N–C) groups is 1. The molecule has 2 aromatic rings. The Kier molecular flexibility index (Phi) is 5.45. The zero-order chi connectivity index (χ0) is 23.2.